The minimum Gasteiger partial charge on any atom is -0.480 e. The minimum atomic E-state index is -1.06. The van der Waals surface area contributed by atoms with Gasteiger partial charge in [0, 0.05) is 18.9 Å². The molecule has 2 atom stereocenters. The number of rotatable bonds is 7. The van der Waals surface area contributed by atoms with Crippen molar-refractivity contribution >= 4 is 11.9 Å². The van der Waals surface area contributed by atoms with Crippen LogP contribution in [0.15, 0.2) is 30.3 Å². The standard InChI is InChI=1S/C14H19NO4/c1-10(7-8-16)13(17)15-12(14(18)19)9-11-5-3-2-4-6-11/h2-6,10,12,16H,7-9H2,1H3,(H,15,17)(H,18,19). The molecule has 1 aromatic rings. The van der Waals surface area contributed by atoms with Crippen LogP contribution in [0, 0.1) is 5.92 Å². The van der Waals surface area contributed by atoms with E-state index in [9.17, 15) is 9.59 Å². The Bertz CT molecular complexity index is 419. The van der Waals surface area contributed by atoms with Crippen molar-refractivity contribution in [2.24, 2.45) is 5.92 Å². The van der Waals surface area contributed by atoms with E-state index in [0.717, 1.165) is 5.56 Å². The molecule has 0 saturated carbocycles. The molecule has 2 unspecified atom stereocenters. The van der Waals surface area contributed by atoms with E-state index < -0.39 is 17.9 Å². The molecule has 19 heavy (non-hydrogen) atoms. The first-order chi connectivity index (χ1) is 9.04. The molecule has 0 aliphatic carbocycles. The Kier molecular flexibility index (Phi) is 6.02. The predicted octanol–water partition coefficient (Wildman–Crippen LogP) is 0.817. The van der Waals surface area contributed by atoms with E-state index in [1.165, 1.54) is 0 Å². The van der Waals surface area contributed by atoms with Gasteiger partial charge in [0.05, 0.1) is 0 Å². The number of carbonyl (C=O) groups excluding carboxylic acids is 1. The number of carbonyl (C=O) groups is 2. The maximum absolute atomic E-state index is 11.8. The molecule has 0 bridgehead atoms. The Morgan fingerprint density at radius 2 is 1.89 bits per heavy atom. The van der Waals surface area contributed by atoms with E-state index in [2.05, 4.69) is 5.32 Å². The molecule has 0 saturated heterocycles. The highest BCUT2D eigenvalue weighted by molar-refractivity contribution is 5.84. The summed E-state index contributed by atoms with van der Waals surface area (Å²) < 4.78 is 0. The maximum Gasteiger partial charge on any atom is 0.326 e. The van der Waals surface area contributed by atoms with Crippen LogP contribution in [0.4, 0.5) is 0 Å². The molecular formula is C14H19NO4. The number of aliphatic carboxylic acids is 1. The van der Waals surface area contributed by atoms with Crippen molar-refractivity contribution in [1.29, 1.82) is 0 Å². The van der Waals surface area contributed by atoms with E-state index in [1.807, 2.05) is 30.3 Å². The molecular weight excluding hydrogens is 246 g/mol. The number of carboxylic acids is 1. The summed E-state index contributed by atoms with van der Waals surface area (Å²) in [5.74, 6) is -1.81. The zero-order valence-electron chi connectivity index (χ0n) is 10.9. The second kappa shape index (κ2) is 7.53. The van der Waals surface area contributed by atoms with Crippen molar-refractivity contribution in [3.05, 3.63) is 35.9 Å². The molecule has 1 amide bonds. The van der Waals surface area contributed by atoms with Gasteiger partial charge in [-0.1, -0.05) is 37.3 Å². The van der Waals surface area contributed by atoms with Gasteiger partial charge in [0.15, 0.2) is 0 Å². The first kappa shape index (κ1) is 15.2. The molecule has 3 N–H and O–H groups in total. The largest absolute Gasteiger partial charge is 0.480 e. The molecule has 5 nitrogen and oxygen atoms in total. The second-order valence-corrected chi connectivity index (χ2v) is 4.50. The van der Waals surface area contributed by atoms with Gasteiger partial charge in [0.2, 0.25) is 5.91 Å². The molecule has 0 aliphatic rings. The van der Waals surface area contributed by atoms with Crippen molar-refractivity contribution in [2.45, 2.75) is 25.8 Å². The summed E-state index contributed by atoms with van der Waals surface area (Å²) in [6.07, 6.45) is 0.567. The number of hydrogen-bond acceptors (Lipinski definition) is 3. The fourth-order valence-electron chi connectivity index (χ4n) is 1.69. The van der Waals surface area contributed by atoms with E-state index in [0.29, 0.717) is 6.42 Å². The highest BCUT2D eigenvalue weighted by Crippen LogP contribution is 2.06. The Labute approximate surface area is 112 Å². The van der Waals surface area contributed by atoms with Crippen LogP contribution in [0.3, 0.4) is 0 Å². The lowest BCUT2D eigenvalue weighted by Gasteiger charge is -2.17. The normalized spacial score (nSPS) is 13.6. The number of carboxylic acid groups (broad SMARTS) is 1. The quantitative estimate of drug-likeness (QED) is 0.681. The average molecular weight is 265 g/mol. The predicted molar refractivity (Wildman–Crippen MR) is 70.6 cm³/mol. The molecule has 104 valence electrons. The van der Waals surface area contributed by atoms with Crippen LogP contribution in [0.5, 0.6) is 0 Å². The zero-order chi connectivity index (χ0) is 14.3. The monoisotopic (exact) mass is 265 g/mol. The van der Waals surface area contributed by atoms with Crippen LogP contribution in [-0.4, -0.2) is 34.7 Å². The Hall–Kier alpha value is -1.88. The van der Waals surface area contributed by atoms with Gasteiger partial charge in [0.25, 0.3) is 0 Å². The first-order valence-corrected chi connectivity index (χ1v) is 6.22. The number of benzene rings is 1. The van der Waals surface area contributed by atoms with Crippen molar-refractivity contribution in [3.63, 3.8) is 0 Å². The average Bonchev–Trinajstić information content (AvgIpc) is 2.39. The number of aliphatic hydroxyl groups is 1. The third kappa shape index (κ3) is 5.09. The number of aliphatic hydroxyl groups excluding tert-OH is 1. The van der Waals surface area contributed by atoms with Crippen molar-refractivity contribution in [1.82, 2.24) is 5.32 Å². The van der Waals surface area contributed by atoms with Crippen LogP contribution in [0.2, 0.25) is 0 Å². The van der Waals surface area contributed by atoms with Crippen LogP contribution in [0.25, 0.3) is 0 Å². The van der Waals surface area contributed by atoms with Crippen LogP contribution in [0.1, 0.15) is 18.9 Å². The smallest absolute Gasteiger partial charge is 0.326 e. The molecule has 0 heterocycles. The third-order valence-corrected chi connectivity index (χ3v) is 2.91. The molecule has 5 heteroatoms. The summed E-state index contributed by atoms with van der Waals surface area (Å²) in [6, 6.07) is 8.19. The molecule has 1 rings (SSSR count). The van der Waals surface area contributed by atoms with E-state index in [-0.39, 0.29) is 18.9 Å². The molecule has 0 aromatic heterocycles. The van der Waals surface area contributed by atoms with Crippen LogP contribution < -0.4 is 5.32 Å². The highest BCUT2D eigenvalue weighted by atomic mass is 16.4. The molecule has 0 radical (unpaired) electrons. The Balaban J connectivity index is 2.64. The fourth-order valence-corrected chi connectivity index (χ4v) is 1.69. The number of hydrogen-bond donors (Lipinski definition) is 3. The van der Waals surface area contributed by atoms with Crippen molar-refractivity contribution in [3.8, 4) is 0 Å². The van der Waals surface area contributed by atoms with Gasteiger partial charge >= 0.3 is 5.97 Å². The van der Waals surface area contributed by atoms with Crippen LogP contribution >= 0.6 is 0 Å². The Morgan fingerprint density at radius 1 is 1.26 bits per heavy atom. The summed E-state index contributed by atoms with van der Waals surface area (Å²) in [5.41, 5.74) is 0.852. The van der Waals surface area contributed by atoms with E-state index in [4.69, 9.17) is 10.2 Å². The second-order valence-electron chi connectivity index (χ2n) is 4.50. The molecule has 0 fully saturated rings. The van der Waals surface area contributed by atoms with Gasteiger partial charge in [0.1, 0.15) is 6.04 Å². The molecule has 0 aliphatic heterocycles. The van der Waals surface area contributed by atoms with E-state index >= 15 is 0 Å². The molecule has 0 spiro atoms. The van der Waals surface area contributed by atoms with Gasteiger partial charge in [-0.05, 0) is 12.0 Å². The third-order valence-electron chi connectivity index (χ3n) is 2.91. The van der Waals surface area contributed by atoms with Crippen LogP contribution in [-0.2, 0) is 16.0 Å². The van der Waals surface area contributed by atoms with Gasteiger partial charge in [-0.3, -0.25) is 4.79 Å². The minimum absolute atomic E-state index is 0.0923. The number of amides is 1. The maximum atomic E-state index is 11.8. The molecule has 1 aromatic carbocycles. The van der Waals surface area contributed by atoms with Crippen molar-refractivity contribution in [2.75, 3.05) is 6.61 Å². The van der Waals surface area contributed by atoms with E-state index in [1.54, 1.807) is 6.92 Å². The van der Waals surface area contributed by atoms with Gasteiger partial charge < -0.3 is 15.5 Å². The lowest BCUT2D eigenvalue weighted by molar-refractivity contribution is -0.142. The topological polar surface area (TPSA) is 86.6 Å². The summed E-state index contributed by atoms with van der Waals surface area (Å²) in [4.78, 5) is 22.9. The van der Waals surface area contributed by atoms with Gasteiger partial charge in [-0.15, -0.1) is 0 Å². The summed E-state index contributed by atoms with van der Waals surface area (Å²) in [7, 11) is 0. The Morgan fingerprint density at radius 3 is 2.42 bits per heavy atom. The lowest BCUT2D eigenvalue weighted by atomic mass is 10.0. The first-order valence-electron chi connectivity index (χ1n) is 6.22. The fraction of sp³-hybridized carbons (Fsp3) is 0.429. The zero-order valence-corrected chi connectivity index (χ0v) is 10.9. The summed E-state index contributed by atoms with van der Waals surface area (Å²) >= 11 is 0. The highest BCUT2D eigenvalue weighted by Gasteiger charge is 2.22. The van der Waals surface area contributed by atoms with Gasteiger partial charge in [-0.2, -0.15) is 0 Å². The van der Waals surface area contributed by atoms with Crippen molar-refractivity contribution < 1.29 is 19.8 Å². The lowest BCUT2D eigenvalue weighted by Crippen LogP contribution is -2.44. The summed E-state index contributed by atoms with van der Waals surface area (Å²) in [5, 5.41) is 20.4. The summed E-state index contributed by atoms with van der Waals surface area (Å²) in [6.45, 7) is 1.57. The number of nitrogens with one attached hydrogen (secondary N) is 1. The SMILES string of the molecule is CC(CCO)C(=O)NC(Cc1ccccc1)C(=O)O. The van der Waals surface area contributed by atoms with Gasteiger partial charge in [-0.25, -0.2) is 4.79 Å².